The maximum atomic E-state index is 11.8. The minimum absolute atomic E-state index is 0.229. The largest absolute Gasteiger partial charge is 0.497 e. The Morgan fingerprint density at radius 2 is 1.89 bits per heavy atom. The number of ether oxygens (including phenoxy) is 2. The van der Waals surface area contributed by atoms with Crippen LogP contribution in [-0.2, 0) is 11.3 Å². The highest BCUT2D eigenvalue weighted by molar-refractivity contribution is 5.67. The van der Waals surface area contributed by atoms with Gasteiger partial charge in [-0.15, -0.1) is 0 Å². The smallest absolute Gasteiger partial charge is 0.409 e. The number of nitrogens with zero attached hydrogens (tertiary/aromatic N) is 3. The lowest BCUT2D eigenvalue weighted by molar-refractivity contribution is 0.0983. The van der Waals surface area contributed by atoms with Gasteiger partial charge in [0, 0.05) is 31.7 Å². The molecule has 150 valence electrons. The first-order chi connectivity index (χ1) is 13.7. The number of benzene rings is 1. The number of nitrogens with one attached hydrogen (secondary N) is 2. The maximum absolute atomic E-state index is 11.8. The Kier molecular flexibility index (Phi) is 6.89. The zero-order valence-electron chi connectivity index (χ0n) is 16.4. The van der Waals surface area contributed by atoms with E-state index in [1.807, 2.05) is 37.3 Å². The fourth-order valence-electron chi connectivity index (χ4n) is 3.10. The molecule has 8 heteroatoms. The summed E-state index contributed by atoms with van der Waals surface area (Å²) in [6, 6.07) is 10.1. The van der Waals surface area contributed by atoms with Gasteiger partial charge in [-0.25, -0.2) is 14.8 Å². The average Bonchev–Trinajstić information content (AvgIpc) is 2.73. The Morgan fingerprint density at radius 3 is 2.57 bits per heavy atom. The van der Waals surface area contributed by atoms with Crippen LogP contribution in [0.3, 0.4) is 0 Å². The van der Waals surface area contributed by atoms with Gasteiger partial charge in [-0.2, -0.15) is 0 Å². The molecule has 0 aliphatic carbocycles. The molecule has 2 aromatic rings. The quantitative estimate of drug-likeness (QED) is 0.757. The summed E-state index contributed by atoms with van der Waals surface area (Å²) in [5, 5.41) is 6.75. The molecule has 0 unspecified atom stereocenters. The summed E-state index contributed by atoms with van der Waals surface area (Å²) < 4.78 is 10.2. The van der Waals surface area contributed by atoms with Gasteiger partial charge in [0.15, 0.2) is 0 Å². The third-order valence-corrected chi connectivity index (χ3v) is 4.67. The molecule has 0 atom stereocenters. The third-order valence-electron chi connectivity index (χ3n) is 4.67. The van der Waals surface area contributed by atoms with Crippen molar-refractivity contribution in [2.24, 2.45) is 0 Å². The first-order valence-electron chi connectivity index (χ1n) is 9.55. The van der Waals surface area contributed by atoms with Crippen molar-refractivity contribution in [3.8, 4) is 5.75 Å². The molecule has 0 spiro atoms. The average molecular weight is 385 g/mol. The topological polar surface area (TPSA) is 88.6 Å². The number of likely N-dealkylation sites (tertiary alicyclic amines) is 1. The Hall–Kier alpha value is -3.03. The number of amides is 1. The van der Waals surface area contributed by atoms with E-state index in [0.717, 1.165) is 35.8 Å². The number of rotatable bonds is 7. The van der Waals surface area contributed by atoms with Gasteiger partial charge in [-0.1, -0.05) is 12.1 Å². The van der Waals surface area contributed by atoms with Crippen molar-refractivity contribution in [1.82, 2.24) is 14.9 Å². The van der Waals surface area contributed by atoms with Crippen LogP contribution in [-0.4, -0.2) is 53.8 Å². The summed E-state index contributed by atoms with van der Waals surface area (Å²) in [4.78, 5) is 22.1. The van der Waals surface area contributed by atoms with Crippen molar-refractivity contribution in [1.29, 1.82) is 0 Å². The molecule has 8 nitrogen and oxygen atoms in total. The SMILES string of the molecule is CCOC(=O)N1CCC(Nc2cc(NCc3ccc(OC)cc3)ncn2)CC1. The first-order valence-corrected chi connectivity index (χ1v) is 9.55. The van der Waals surface area contributed by atoms with Crippen molar-refractivity contribution in [2.75, 3.05) is 37.4 Å². The highest BCUT2D eigenvalue weighted by Crippen LogP contribution is 2.18. The van der Waals surface area contributed by atoms with E-state index in [1.54, 1.807) is 18.3 Å². The molecule has 0 radical (unpaired) electrons. The van der Waals surface area contributed by atoms with E-state index >= 15 is 0 Å². The number of piperidine rings is 1. The molecule has 28 heavy (non-hydrogen) atoms. The normalized spacial score (nSPS) is 14.4. The van der Waals surface area contributed by atoms with Crippen LogP contribution in [0.2, 0.25) is 0 Å². The Morgan fingerprint density at radius 1 is 1.18 bits per heavy atom. The number of carbonyl (C=O) groups excluding carboxylic acids is 1. The van der Waals surface area contributed by atoms with Crippen LogP contribution in [0.5, 0.6) is 5.75 Å². The van der Waals surface area contributed by atoms with Crippen LogP contribution in [0.15, 0.2) is 36.7 Å². The molecule has 1 amide bonds. The summed E-state index contributed by atoms with van der Waals surface area (Å²) in [7, 11) is 1.66. The van der Waals surface area contributed by atoms with Gasteiger partial charge >= 0.3 is 6.09 Å². The van der Waals surface area contributed by atoms with Crippen LogP contribution >= 0.6 is 0 Å². The second-order valence-electron chi connectivity index (χ2n) is 6.59. The predicted molar refractivity (Wildman–Crippen MR) is 108 cm³/mol. The van der Waals surface area contributed by atoms with E-state index in [9.17, 15) is 4.79 Å². The molecular formula is C20H27N5O3. The second-order valence-corrected chi connectivity index (χ2v) is 6.59. The Bertz CT molecular complexity index is 761. The third kappa shape index (κ3) is 5.48. The molecule has 1 fully saturated rings. The number of anilines is 2. The zero-order chi connectivity index (χ0) is 19.8. The van der Waals surface area contributed by atoms with Gasteiger partial charge in [-0.05, 0) is 37.5 Å². The Labute approximate surface area is 165 Å². The molecule has 1 aromatic carbocycles. The maximum Gasteiger partial charge on any atom is 0.409 e. The minimum atomic E-state index is -0.229. The highest BCUT2D eigenvalue weighted by atomic mass is 16.6. The van der Waals surface area contributed by atoms with E-state index in [2.05, 4.69) is 20.6 Å². The number of hydrogen-bond donors (Lipinski definition) is 2. The van der Waals surface area contributed by atoms with Crippen LogP contribution in [0.1, 0.15) is 25.3 Å². The molecule has 1 saturated heterocycles. The standard InChI is InChI=1S/C20H27N5O3/c1-3-28-20(26)25-10-8-16(9-11-25)24-19-12-18(22-14-23-19)21-13-15-4-6-17(27-2)7-5-15/h4-7,12,14,16H,3,8-11,13H2,1-2H3,(H2,21,22,23,24). The number of carbonyl (C=O) groups is 1. The van der Waals surface area contributed by atoms with Gasteiger partial charge in [0.2, 0.25) is 0 Å². The lowest BCUT2D eigenvalue weighted by Gasteiger charge is -2.31. The lowest BCUT2D eigenvalue weighted by Crippen LogP contribution is -2.42. The van der Waals surface area contributed by atoms with Gasteiger partial charge in [0.1, 0.15) is 23.7 Å². The summed E-state index contributed by atoms with van der Waals surface area (Å²) in [5.41, 5.74) is 1.14. The predicted octanol–water partition coefficient (Wildman–Crippen LogP) is 3.13. The van der Waals surface area contributed by atoms with Gasteiger partial charge in [0.05, 0.1) is 13.7 Å². The molecule has 1 aliphatic heterocycles. The van der Waals surface area contributed by atoms with Gasteiger partial charge in [-0.3, -0.25) is 0 Å². The fraction of sp³-hybridized carbons (Fsp3) is 0.450. The molecule has 1 aliphatic rings. The summed E-state index contributed by atoms with van der Waals surface area (Å²) in [6.45, 7) is 4.26. The van der Waals surface area contributed by atoms with E-state index < -0.39 is 0 Å². The number of aromatic nitrogens is 2. The number of methoxy groups -OCH3 is 1. The molecular weight excluding hydrogens is 358 g/mol. The van der Waals surface area contributed by atoms with E-state index in [0.29, 0.717) is 26.2 Å². The highest BCUT2D eigenvalue weighted by Gasteiger charge is 2.23. The second kappa shape index (κ2) is 9.77. The van der Waals surface area contributed by atoms with Crippen molar-refractivity contribution in [2.45, 2.75) is 32.4 Å². The Balaban J connectivity index is 1.49. The molecule has 2 N–H and O–H groups in total. The summed E-state index contributed by atoms with van der Waals surface area (Å²) in [6.07, 6.45) is 3.04. The van der Waals surface area contributed by atoms with Crippen molar-refractivity contribution < 1.29 is 14.3 Å². The number of hydrogen-bond acceptors (Lipinski definition) is 7. The lowest BCUT2D eigenvalue weighted by atomic mass is 10.1. The monoisotopic (exact) mass is 385 g/mol. The van der Waals surface area contributed by atoms with Crippen LogP contribution in [0.4, 0.5) is 16.4 Å². The fourth-order valence-corrected chi connectivity index (χ4v) is 3.10. The van der Waals surface area contributed by atoms with Crippen LogP contribution in [0.25, 0.3) is 0 Å². The van der Waals surface area contributed by atoms with Crippen molar-refractivity contribution in [3.05, 3.63) is 42.2 Å². The van der Waals surface area contributed by atoms with E-state index in [4.69, 9.17) is 9.47 Å². The zero-order valence-corrected chi connectivity index (χ0v) is 16.4. The molecule has 3 rings (SSSR count). The van der Waals surface area contributed by atoms with Crippen molar-refractivity contribution in [3.63, 3.8) is 0 Å². The van der Waals surface area contributed by atoms with E-state index in [1.165, 1.54) is 0 Å². The summed E-state index contributed by atoms with van der Waals surface area (Å²) in [5.74, 6) is 2.38. The van der Waals surface area contributed by atoms with Gasteiger partial charge < -0.3 is 25.0 Å². The van der Waals surface area contributed by atoms with Crippen LogP contribution in [0, 0.1) is 0 Å². The van der Waals surface area contributed by atoms with Crippen LogP contribution < -0.4 is 15.4 Å². The molecule has 0 saturated carbocycles. The molecule has 2 heterocycles. The molecule has 1 aromatic heterocycles. The molecule has 0 bridgehead atoms. The van der Waals surface area contributed by atoms with E-state index in [-0.39, 0.29) is 12.1 Å². The van der Waals surface area contributed by atoms with Gasteiger partial charge in [0.25, 0.3) is 0 Å². The minimum Gasteiger partial charge on any atom is -0.497 e. The first kappa shape index (κ1) is 19.7. The summed E-state index contributed by atoms with van der Waals surface area (Å²) >= 11 is 0. The van der Waals surface area contributed by atoms with Crippen molar-refractivity contribution >= 4 is 17.7 Å².